The lowest BCUT2D eigenvalue weighted by atomic mass is 9.84. The third-order valence-electron chi connectivity index (χ3n) is 8.02. The van der Waals surface area contributed by atoms with Crippen molar-refractivity contribution in [3.8, 4) is 22.4 Å². The van der Waals surface area contributed by atoms with E-state index in [9.17, 15) is 13.2 Å². The number of carbonyl (C=O) groups excluding carboxylic acids is 1. The minimum Gasteiger partial charge on any atom is -0.326 e. The number of hydrogen-bond acceptors (Lipinski definition) is 4. The molecule has 1 aliphatic rings. The van der Waals surface area contributed by atoms with Crippen molar-refractivity contribution < 1.29 is 13.2 Å². The highest BCUT2D eigenvalue weighted by Gasteiger charge is 2.33. The highest BCUT2D eigenvalue weighted by Crippen LogP contribution is 2.32. The summed E-state index contributed by atoms with van der Waals surface area (Å²) in [4.78, 5) is 16.6. The van der Waals surface area contributed by atoms with E-state index in [4.69, 9.17) is 28.2 Å². The number of benzene rings is 4. The molecule has 1 amide bonds. The van der Waals surface area contributed by atoms with E-state index in [1.54, 1.807) is 24.3 Å². The number of aromatic nitrogens is 2. The van der Waals surface area contributed by atoms with Crippen molar-refractivity contribution in [2.75, 3.05) is 10.8 Å². The first kappa shape index (κ1) is 32.6. The van der Waals surface area contributed by atoms with Gasteiger partial charge in [0, 0.05) is 23.3 Å². The summed E-state index contributed by atoms with van der Waals surface area (Å²) in [6.07, 6.45) is 5.93. The number of halogens is 2. The Labute approximate surface area is 285 Å². The zero-order valence-corrected chi connectivity index (χ0v) is 28.8. The standard InChI is InChI=1S/C37H34Cl2N4O3S/c1-24-17-28(19-29(18-24)37(2,3)4)27-10-5-25(6-11-27)9-16-35-40-34(32-15-12-30(38)20-33(32)39)22-42(35)21-26-7-13-31(14-8-26)43-23-36(44)41-47(43,45)46/h5-20,22H,21,23H2,1-4H3,(H,41,44)/b16-9+. The van der Waals surface area contributed by atoms with Crippen molar-refractivity contribution in [2.24, 2.45) is 0 Å². The lowest BCUT2D eigenvalue weighted by Gasteiger charge is -2.21. The van der Waals surface area contributed by atoms with E-state index in [0.717, 1.165) is 26.6 Å². The van der Waals surface area contributed by atoms with Gasteiger partial charge in [0.2, 0.25) is 0 Å². The van der Waals surface area contributed by atoms with Crippen molar-refractivity contribution in [3.63, 3.8) is 0 Å². The van der Waals surface area contributed by atoms with Crippen LogP contribution in [-0.4, -0.2) is 30.4 Å². The van der Waals surface area contributed by atoms with Crippen molar-refractivity contribution in [2.45, 2.75) is 39.7 Å². The maximum atomic E-state index is 12.3. The Balaban J connectivity index is 1.29. The monoisotopic (exact) mass is 684 g/mol. The summed E-state index contributed by atoms with van der Waals surface area (Å²) in [6.45, 7) is 9.04. The molecule has 0 bridgehead atoms. The number of aryl methyl sites for hydroxylation is 1. The average molecular weight is 686 g/mol. The summed E-state index contributed by atoms with van der Waals surface area (Å²) in [5.41, 5.74) is 8.77. The van der Waals surface area contributed by atoms with Gasteiger partial charge in [0.05, 0.1) is 16.4 Å². The Morgan fingerprint density at radius 1 is 0.894 bits per heavy atom. The second kappa shape index (κ2) is 12.7. The highest BCUT2D eigenvalue weighted by atomic mass is 35.5. The van der Waals surface area contributed by atoms with Gasteiger partial charge in [-0.05, 0) is 76.6 Å². The summed E-state index contributed by atoms with van der Waals surface area (Å²) in [5.74, 6) is 0.154. The van der Waals surface area contributed by atoms with Gasteiger partial charge in [-0.15, -0.1) is 0 Å². The lowest BCUT2D eigenvalue weighted by molar-refractivity contribution is -0.117. The topological polar surface area (TPSA) is 84.3 Å². The van der Waals surface area contributed by atoms with Crippen LogP contribution in [0.2, 0.25) is 10.0 Å². The zero-order chi connectivity index (χ0) is 33.5. The minimum atomic E-state index is -3.88. The molecule has 0 saturated carbocycles. The number of imidazole rings is 1. The molecule has 0 spiro atoms. The van der Waals surface area contributed by atoms with E-state index >= 15 is 0 Å². The Morgan fingerprint density at radius 3 is 2.26 bits per heavy atom. The second-order valence-electron chi connectivity index (χ2n) is 12.7. The second-order valence-corrected chi connectivity index (χ2v) is 15.2. The molecule has 0 atom stereocenters. The molecule has 1 N–H and O–H groups in total. The Kier molecular flexibility index (Phi) is 8.78. The Morgan fingerprint density at radius 2 is 1.62 bits per heavy atom. The largest absolute Gasteiger partial charge is 0.326 e. The number of rotatable bonds is 7. The molecule has 7 nitrogen and oxygen atoms in total. The van der Waals surface area contributed by atoms with Gasteiger partial charge in [0.1, 0.15) is 12.4 Å². The Bertz CT molecular complexity index is 2110. The smallest absolute Gasteiger partial charge is 0.326 e. The predicted molar refractivity (Wildman–Crippen MR) is 192 cm³/mol. The fraction of sp³-hybridized carbons (Fsp3) is 0.189. The molecular formula is C37H34Cl2N4O3S. The van der Waals surface area contributed by atoms with E-state index in [-0.39, 0.29) is 12.0 Å². The summed E-state index contributed by atoms with van der Waals surface area (Å²) in [6, 6.07) is 27.6. The molecule has 1 fully saturated rings. The maximum absolute atomic E-state index is 12.3. The highest BCUT2D eigenvalue weighted by molar-refractivity contribution is 7.92. The number of nitrogens with zero attached hydrogens (tertiary/aromatic N) is 3. The van der Waals surface area contributed by atoms with E-state index in [0.29, 0.717) is 33.8 Å². The average Bonchev–Trinajstić information content (AvgIpc) is 3.53. The van der Waals surface area contributed by atoms with Gasteiger partial charge in [-0.1, -0.05) is 110 Å². The fourth-order valence-electron chi connectivity index (χ4n) is 5.50. The normalized spacial score (nSPS) is 14.6. The molecular weight excluding hydrogens is 651 g/mol. The molecule has 0 aliphatic carbocycles. The van der Waals surface area contributed by atoms with Crippen LogP contribution in [0.15, 0.2) is 91.1 Å². The molecule has 0 unspecified atom stereocenters. The van der Waals surface area contributed by atoms with Crippen LogP contribution in [0.4, 0.5) is 5.69 Å². The fourth-order valence-corrected chi connectivity index (χ4v) is 7.15. The van der Waals surface area contributed by atoms with Crippen LogP contribution in [0, 0.1) is 6.92 Å². The van der Waals surface area contributed by atoms with Crippen LogP contribution in [0.1, 0.15) is 48.8 Å². The summed E-state index contributed by atoms with van der Waals surface area (Å²) in [5, 5.41) is 1.04. The maximum Gasteiger partial charge on any atom is 0.326 e. The molecule has 4 aromatic carbocycles. The van der Waals surface area contributed by atoms with Gasteiger partial charge in [-0.3, -0.25) is 4.79 Å². The SMILES string of the molecule is Cc1cc(-c2ccc(/C=C/c3nc(-c4ccc(Cl)cc4Cl)cn3Cc3ccc(N4CC(=O)NS4(=O)=O)cc3)cc2)cc(C(C)(C)C)c1. The summed E-state index contributed by atoms with van der Waals surface area (Å²) < 4.78 is 29.6. The number of carbonyl (C=O) groups is 1. The third-order valence-corrected chi connectivity index (χ3v) is 9.98. The van der Waals surface area contributed by atoms with Gasteiger partial charge in [-0.2, -0.15) is 8.42 Å². The quantitative estimate of drug-likeness (QED) is 0.186. The van der Waals surface area contributed by atoms with Crippen molar-refractivity contribution in [3.05, 3.63) is 129 Å². The molecule has 1 aromatic heterocycles. The van der Waals surface area contributed by atoms with Gasteiger partial charge < -0.3 is 4.57 Å². The predicted octanol–water partition coefficient (Wildman–Crippen LogP) is 8.53. The molecule has 1 aliphatic heterocycles. The zero-order valence-electron chi connectivity index (χ0n) is 26.5. The van der Waals surface area contributed by atoms with E-state index in [1.807, 2.05) is 45.8 Å². The van der Waals surface area contributed by atoms with Crippen LogP contribution in [0.25, 0.3) is 34.5 Å². The van der Waals surface area contributed by atoms with Crippen molar-refractivity contribution >= 4 is 57.2 Å². The molecule has 10 heteroatoms. The van der Waals surface area contributed by atoms with E-state index in [1.165, 1.54) is 16.7 Å². The molecule has 240 valence electrons. The van der Waals surface area contributed by atoms with Crippen LogP contribution in [0.3, 0.4) is 0 Å². The minimum absolute atomic E-state index is 0.0644. The number of anilines is 1. The van der Waals surface area contributed by atoms with Crippen LogP contribution in [0.5, 0.6) is 0 Å². The Hall–Kier alpha value is -4.37. The number of nitrogens with one attached hydrogen (secondary N) is 1. The first-order valence-electron chi connectivity index (χ1n) is 15.1. The molecule has 5 aromatic rings. The van der Waals surface area contributed by atoms with Crippen LogP contribution < -0.4 is 9.03 Å². The first-order chi connectivity index (χ1) is 22.2. The van der Waals surface area contributed by atoms with Crippen LogP contribution >= 0.6 is 23.2 Å². The number of amides is 1. The lowest BCUT2D eigenvalue weighted by Crippen LogP contribution is -2.29. The molecule has 0 radical (unpaired) electrons. The van der Waals surface area contributed by atoms with Crippen molar-refractivity contribution in [1.29, 1.82) is 0 Å². The third kappa shape index (κ3) is 7.30. The first-order valence-corrected chi connectivity index (χ1v) is 17.3. The summed E-state index contributed by atoms with van der Waals surface area (Å²) >= 11 is 12.7. The molecule has 47 heavy (non-hydrogen) atoms. The van der Waals surface area contributed by atoms with Crippen LogP contribution in [-0.2, 0) is 27.0 Å². The van der Waals surface area contributed by atoms with E-state index < -0.39 is 16.1 Å². The van der Waals surface area contributed by atoms with Crippen molar-refractivity contribution in [1.82, 2.24) is 14.3 Å². The molecule has 2 heterocycles. The summed E-state index contributed by atoms with van der Waals surface area (Å²) in [7, 11) is -3.88. The van der Waals surface area contributed by atoms with Gasteiger partial charge >= 0.3 is 10.2 Å². The molecule has 6 rings (SSSR count). The van der Waals surface area contributed by atoms with Gasteiger partial charge in [-0.25, -0.2) is 14.0 Å². The van der Waals surface area contributed by atoms with E-state index in [2.05, 4.69) is 70.2 Å². The molecule has 1 saturated heterocycles. The number of hydrogen-bond donors (Lipinski definition) is 1. The van der Waals surface area contributed by atoms with Gasteiger partial charge in [0.25, 0.3) is 5.91 Å². The van der Waals surface area contributed by atoms with Gasteiger partial charge in [0.15, 0.2) is 0 Å².